The van der Waals surface area contributed by atoms with Gasteiger partial charge in [0.2, 0.25) is 5.78 Å². The molecule has 3 nitrogen and oxygen atoms in total. The van der Waals surface area contributed by atoms with Gasteiger partial charge in [0.05, 0.1) is 5.75 Å². The third-order valence-electron chi connectivity index (χ3n) is 1.83. The molecule has 0 aromatic heterocycles. The highest BCUT2D eigenvalue weighted by Gasteiger charge is 2.28. The molecule has 0 unspecified atom stereocenters. The van der Waals surface area contributed by atoms with Crippen LogP contribution in [0.25, 0.3) is 0 Å². The molecular formula is C9H11NO2S. The Balaban J connectivity index is 2.20. The molecule has 1 heterocycles. The maximum Gasteiger partial charge on any atom is 0.290 e. The number of thioether (sulfide) groups is 1. The minimum atomic E-state index is -0.332. The van der Waals surface area contributed by atoms with Crippen molar-refractivity contribution in [1.29, 1.82) is 0 Å². The Morgan fingerprint density at radius 3 is 2.85 bits per heavy atom. The average Bonchev–Trinajstić information content (AvgIpc) is 2.43. The van der Waals surface area contributed by atoms with Gasteiger partial charge in [-0.3, -0.25) is 9.59 Å². The maximum absolute atomic E-state index is 11.1. The summed E-state index contributed by atoms with van der Waals surface area (Å²) in [6.45, 7) is 1.21. The highest BCUT2D eigenvalue weighted by atomic mass is 32.2. The molecule has 0 radical (unpaired) electrons. The van der Waals surface area contributed by atoms with Crippen LogP contribution in [0.3, 0.4) is 0 Å². The standard InChI is InChI=1S/C9H11NO2S/c1-2-6-13-7-5-10-4-3-8(11)9(10)12/h1H,3-7H2. The fraction of sp³-hybridized carbons (Fsp3) is 0.556. The molecule has 0 N–H and O–H groups in total. The van der Waals surface area contributed by atoms with E-state index in [2.05, 4.69) is 5.92 Å². The number of ketones is 1. The zero-order valence-corrected chi connectivity index (χ0v) is 8.10. The Bertz CT molecular complexity index is 257. The Morgan fingerprint density at radius 1 is 1.54 bits per heavy atom. The van der Waals surface area contributed by atoms with Crippen LogP contribution in [0, 0.1) is 12.3 Å². The molecule has 0 atom stereocenters. The Kier molecular flexibility index (Phi) is 3.84. The lowest BCUT2D eigenvalue weighted by molar-refractivity contribution is -0.139. The minimum Gasteiger partial charge on any atom is -0.335 e. The first-order valence-corrected chi connectivity index (χ1v) is 5.24. The van der Waals surface area contributed by atoms with Gasteiger partial charge in [-0.2, -0.15) is 0 Å². The first-order valence-electron chi connectivity index (χ1n) is 4.09. The molecule has 0 bridgehead atoms. The van der Waals surface area contributed by atoms with Gasteiger partial charge in [-0.15, -0.1) is 18.2 Å². The van der Waals surface area contributed by atoms with Gasteiger partial charge < -0.3 is 4.90 Å². The molecule has 1 rings (SSSR count). The van der Waals surface area contributed by atoms with E-state index in [0.717, 1.165) is 5.75 Å². The first-order chi connectivity index (χ1) is 6.25. The number of hydrogen-bond acceptors (Lipinski definition) is 3. The molecule has 0 aromatic rings. The lowest BCUT2D eigenvalue weighted by Crippen LogP contribution is -2.29. The summed E-state index contributed by atoms with van der Waals surface area (Å²) in [4.78, 5) is 23.5. The van der Waals surface area contributed by atoms with E-state index in [1.807, 2.05) is 0 Å². The van der Waals surface area contributed by atoms with Crippen LogP contribution in [0.5, 0.6) is 0 Å². The molecule has 13 heavy (non-hydrogen) atoms. The fourth-order valence-electron chi connectivity index (χ4n) is 1.14. The van der Waals surface area contributed by atoms with E-state index in [-0.39, 0.29) is 11.7 Å². The predicted octanol–water partition coefficient (Wildman–Crippen LogP) is 0.154. The van der Waals surface area contributed by atoms with Crippen molar-refractivity contribution in [3.63, 3.8) is 0 Å². The van der Waals surface area contributed by atoms with Crippen molar-refractivity contribution in [2.75, 3.05) is 24.6 Å². The lowest BCUT2D eigenvalue weighted by Gasteiger charge is -2.12. The lowest BCUT2D eigenvalue weighted by atomic mass is 10.3. The number of likely N-dealkylation sites (tertiary alicyclic amines) is 1. The van der Waals surface area contributed by atoms with E-state index in [1.54, 1.807) is 16.7 Å². The highest BCUT2D eigenvalue weighted by Crippen LogP contribution is 2.08. The number of terminal acetylenes is 1. The van der Waals surface area contributed by atoms with Gasteiger partial charge in [-0.05, 0) is 0 Å². The van der Waals surface area contributed by atoms with E-state index in [1.165, 1.54) is 0 Å². The van der Waals surface area contributed by atoms with Crippen molar-refractivity contribution < 1.29 is 9.59 Å². The highest BCUT2D eigenvalue weighted by molar-refractivity contribution is 7.99. The predicted molar refractivity (Wildman–Crippen MR) is 52.4 cm³/mol. The van der Waals surface area contributed by atoms with E-state index in [4.69, 9.17) is 6.42 Å². The van der Waals surface area contributed by atoms with Crippen LogP contribution in [0.2, 0.25) is 0 Å². The summed E-state index contributed by atoms with van der Waals surface area (Å²) in [5.74, 6) is 3.38. The van der Waals surface area contributed by atoms with Crippen LogP contribution in [0.15, 0.2) is 0 Å². The van der Waals surface area contributed by atoms with Crippen molar-refractivity contribution in [2.45, 2.75) is 6.42 Å². The summed E-state index contributed by atoms with van der Waals surface area (Å²) in [5.41, 5.74) is 0. The number of nitrogens with zero attached hydrogens (tertiary/aromatic N) is 1. The summed E-state index contributed by atoms with van der Waals surface area (Å²) in [6, 6.07) is 0. The Morgan fingerprint density at radius 2 is 2.31 bits per heavy atom. The SMILES string of the molecule is C#CCSCCN1CCC(=O)C1=O. The molecule has 0 saturated carbocycles. The van der Waals surface area contributed by atoms with Crippen LogP contribution in [-0.2, 0) is 9.59 Å². The molecule has 1 amide bonds. The van der Waals surface area contributed by atoms with Crippen molar-refractivity contribution in [3.05, 3.63) is 0 Å². The second-order valence-corrected chi connectivity index (χ2v) is 3.83. The number of rotatable bonds is 4. The second-order valence-electron chi connectivity index (χ2n) is 2.72. The summed E-state index contributed by atoms with van der Waals surface area (Å²) in [6.07, 6.45) is 5.44. The number of Topliss-reactive ketones (excluding diaryl/α,β-unsaturated/α-hetero) is 1. The van der Waals surface area contributed by atoms with E-state index >= 15 is 0 Å². The smallest absolute Gasteiger partial charge is 0.290 e. The van der Waals surface area contributed by atoms with Gasteiger partial charge in [0.25, 0.3) is 5.91 Å². The molecule has 0 aliphatic carbocycles. The topological polar surface area (TPSA) is 37.4 Å². The van der Waals surface area contributed by atoms with Crippen LogP contribution in [-0.4, -0.2) is 41.2 Å². The van der Waals surface area contributed by atoms with Crippen molar-refractivity contribution >= 4 is 23.5 Å². The maximum atomic E-state index is 11.1. The molecule has 0 aromatic carbocycles. The summed E-state index contributed by atoms with van der Waals surface area (Å²) in [5, 5.41) is 0. The van der Waals surface area contributed by atoms with Gasteiger partial charge in [-0.25, -0.2) is 0 Å². The third-order valence-corrected chi connectivity index (χ3v) is 2.67. The molecule has 1 aliphatic rings. The average molecular weight is 197 g/mol. The number of carbonyl (C=O) groups is 2. The van der Waals surface area contributed by atoms with Crippen LogP contribution < -0.4 is 0 Å². The Labute approximate surface area is 81.9 Å². The van der Waals surface area contributed by atoms with E-state index in [9.17, 15) is 9.59 Å². The molecule has 1 aliphatic heterocycles. The van der Waals surface area contributed by atoms with Gasteiger partial charge in [0, 0.05) is 25.3 Å². The van der Waals surface area contributed by atoms with E-state index in [0.29, 0.717) is 25.3 Å². The van der Waals surface area contributed by atoms with Gasteiger partial charge in [0.15, 0.2) is 0 Å². The molecule has 0 spiro atoms. The summed E-state index contributed by atoms with van der Waals surface area (Å²) < 4.78 is 0. The molecule has 70 valence electrons. The zero-order chi connectivity index (χ0) is 9.68. The normalized spacial score (nSPS) is 16.4. The number of hydrogen-bond donors (Lipinski definition) is 0. The first kappa shape index (κ1) is 10.1. The van der Waals surface area contributed by atoms with E-state index < -0.39 is 0 Å². The molecule has 1 fully saturated rings. The summed E-state index contributed by atoms with van der Waals surface area (Å²) in [7, 11) is 0. The third kappa shape index (κ3) is 2.78. The van der Waals surface area contributed by atoms with Crippen LogP contribution in [0.1, 0.15) is 6.42 Å². The van der Waals surface area contributed by atoms with Crippen LogP contribution >= 0.6 is 11.8 Å². The molecule has 1 saturated heterocycles. The number of amides is 1. The molecule has 4 heteroatoms. The van der Waals surface area contributed by atoms with Crippen LogP contribution in [0.4, 0.5) is 0 Å². The fourth-order valence-corrected chi connectivity index (χ4v) is 1.75. The number of carbonyl (C=O) groups excluding carboxylic acids is 2. The molecular weight excluding hydrogens is 186 g/mol. The monoisotopic (exact) mass is 197 g/mol. The van der Waals surface area contributed by atoms with Crippen molar-refractivity contribution in [2.24, 2.45) is 0 Å². The Hall–Kier alpha value is -0.950. The van der Waals surface area contributed by atoms with Crippen molar-refractivity contribution in [3.8, 4) is 12.3 Å². The summed E-state index contributed by atoms with van der Waals surface area (Å²) >= 11 is 1.60. The van der Waals surface area contributed by atoms with Gasteiger partial charge >= 0.3 is 0 Å². The largest absolute Gasteiger partial charge is 0.335 e. The second kappa shape index (κ2) is 4.93. The zero-order valence-electron chi connectivity index (χ0n) is 7.28. The van der Waals surface area contributed by atoms with Crippen molar-refractivity contribution in [1.82, 2.24) is 4.90 Å². The van der Waals surface area contributed by atoms with Gasteiger partial charge in [-0.1, -0.05) is 5.92 Å². The quantitative estimate of drug-likeness (QED) is 0.366. The van der Waals surface area contributed by atoms with Gasteiger partial charge in [0.1, 0.15) is 0 Å². The minimum absolute atomic E-state index is 0.262.